The van der Waals surface area contributed by atoms with Crippen LogP contribution < -0.4 is 0 Å². The van der Waals surface area contributed by atoms with Gasteiger partial charge in [0.05, 0.1) is 13.0 Å². The minimum absolute atomic E-state index is 0.0232. The first-order valence-corrected chi connectivity index (χ1v) is 7.43. The maximum absolute atomic E-state index is 12.4. The number of carbonyl (C=O) groups is 2. The van der Waals surface area contributed by atoms with Gasteiger partial charge in [-0.05, 0) is 6.92 Å². The molecule has 0 aromatic carbocycles. The molecule has 1 aromatic heterocycles. The number of ether oxygens (including phenoxy) is 1. The third kappa shape index (κ3) is 3.61. The average molecular weight is 319 g/mol. The minimum Gasteiger partial charge on any atom is -0.475 e. The van der Waals surface area contributed by atoms with E-state index in [0.29, 0.717) is 0 Å². The number of nitrogens with zero attached hydrogens (tertiary/aromatic N) is 1. The molecule has 0 fully saturated rings. The summed E-state index contributed by atoms with van der Waals surface area (Å²) in [6, 6.07) is 0.951. The molecule has 0 radical (unpaired) electrons. The summed E-state index contributed by atoms with van der Waals surface area (Å²) in [7, 11) is -1.44. The molecule has 1 rings (SSSR count). The summed E-state index contributed by atoms with van der Waals surface area (Å²) in [5.74, 6) is -3.02. The van der Waals surface area contributed by atoms with Crippen LogP contribution in [0.15, 0.2) is 15.4 Å². The number of carboxylic acid groups (broad SMARTS) is 1. The van der Waals surface area contributed by atoms with Crippen molar-refractivity contribution in [3.63, 3.8) is 0 Å². The van der Waals surface area contributed by atoms with Gasteiger partial charge in [-0.25, -0.2) is 13.2 Å². The number of furan rings is 1. The summed E-state index contributed by atoms with van der Waals surface area (Å²) in [5, 5.41) is 8.81. The van der Waals surface area contributed by atoms with Crippen LogP contribution in [0.4, 0.5) is 0 Å². The lowest BCUT2D eigenvalue weighted by Crippen LogP contribution is -2.34. The predicted octanol–water partition coefficient (Wildman–Crippen LogP) is 0.716. The van der Waals surface area contributed by atoms with E-state index < -0.39 is 33.6 Å². The molecule has 0 aliphatic heterocycles. The van der Waals surface area contributed by atoms with Crippen molar-refractivity contribution in [3.05, 3.63) is 17.6 Å². The van der Waals surface area contributed by atoms with Crippen molar-refractivity contribution in [2.24, 2.45) is 5.92 Å². The predicted molar refractivity (Wildman–Crippen MR) is 71.4 cm³/mol. The Bertz CT molecular complexity index is 647. The highest BCUT2D eigenvalue weighted by Gasteiger charge is 2.30. The third-order valence-corrected chi connectivity index (χ3v) is 4.84. The summed E-state index contributed by atoms with van der Waals surface area (Å²) in [6.07, 6.45) is 0. The molecule has 118 valence electrons. The molecule has 21 heavy (non-hydrogen) atoms. The molecule has 0 saturated carbocycles. The van der Waals surface area contributed by atoms with E-state index in [1.54, 1.807) is 0 Å². The highest BCUT2D eigenvalue weighted by molar-refractivity contribution is 7.89. The number of aryl methyl sites for hydroxylation is 1. The van der Waals surface area contributed by atoms with Crippen LogP contribution in [-0.4, -0.2) is 50.5 Å². The van der Waals surface area contributed by atoms with Gasteiger partial charge in [-0.1, -0.05) is 6.92 Å². The van der Waals surface area contributed by atoms with Gasteiger partial charge in [0.25, 0.3) is 0 Å². The molecule has 0 aliphatic carbocycles. The minimum atomic E-state index is -3.95. The summed E-state index contributed by atoms with van der Waals surface area (Å²) in [4.78, 5) is 21.9. The van der Waals surface area contributed by atoms with E-state index >= 15 is 0 Å². The van der Waals surface area contributed by atoms with Crippen molar-refractivity contribution in [3.8, 4) is 0 Å². The molecule has 8 nitrogen and oxygen atoms in total. The quantitative estimate of drug-likeness (QED) is 0.768. The Labute approximate surface area is 122 Å². The smallest absolute Gasteiger partial charge is 0.371 e. The molecule has 1 atom stereocenters. The normalized spacial score (nSPS) is 13.2. The highest BCUT2D eigenvalue weighted by Crippen LogP contribution is 2.23. The molecule has 0 amide bonds. The van der Waals surface area contributed by atoms with Crippen LogP contribution in [0.3, 0.4) is 0 Å². The maximum Gasteiger partial charge on any atom is 0.371 e. The van der Waals surface area contributed by atoms with Crippen LogP contribution in [0.5, 0.6) is 0 Å². The second-order valence-electron chi connectivity index (χ2n) is 4.55. The number of sulfonamides is 1. The second kappa shape index (κ2) is 6.27. The molecule has 1 aromatic rings. The third-order valence-electron chi connectivity index (χ3n) is 2.91. The standard InChI is InChI=1S/C12H17NO7S/c1-7(12(16)19-4)6-13(3)21(17,18)10-5-9(11(14)15)20-8(10)2/h5,7H,6H2,1-4H3,(H,14,15). The van der Waals surface area contributed by atoms with Gasteiger partial charge in [-0.2, -0.15) is 4.31 Å². The zero-order valence-electron chi connectivity index (χ0n) is 12.1. The molecule has 1 heterocycles. The summed E-state index contributed by atoms with van der Waals surface area (Å²) >= 11 is 0. The Morgan fingerprint density at radius 3 is 2.48 bits per heavy atom. The Kier molecular flexibility index (Phi) is 5.13. The molecular weight excluding hydrogens is 302 g/mol. The number of esters is 1. The first-order valence-electron chi connectivity index (χ1n) is 5.99. The number of carboxylic acids is 1. The highest BCUT2D eigenvalue weighted by atomic mass is 32.2. The zero-order valence-corrected chi connectivity index (χ0v) is 12.9. The van der Waals surface area contributed by atoms with Crippen molar-refractivity contribution in [1.82, 2.24) is 4.31 Å². The largest absolute Gasteiger partial charge is 0.475 e. The van der Waals surface area contributed by atoms with E-state index in [-0.39, 0.29) is 17.2 Å². The molecule has 9 heteroatoms. The van der Waals surface area contributed by atoms with Gasteiger partial charge in [0.2, 0.25) is 15.8 Å². The van der Waals surface area contributed by atoms with E-state index in [4.69, 9.17) is 9.52 Å². The maximum atomic E-state index is 12.4. The fourth-order valence-corrected chi connectivity index (χ4v) is 3.17. The fourth-order valence-electron chi connectivity index (χ4n) is 1.75. The van der Waals surface area contributed by atoms with Gasteiger partial charge in [0.15, 0.2) is 0 Å². The Hall–Kier alpha value is -1.87. The van der Waals surface area contributed by atoms with Gasteiger partial charge in [-0.15, -0.1) is 0 Å². The van der Waals surface area contributed by atoms with Gasteiger partial charge < -0.3 is 14.3 Å². The number of methoxy groups -OCH3 is 1. The van der Waals surface area contributed by atoms with Crippen LogP contribution in [0.25, 0.3) is 0 Å². The van der Waals surface area contributed by atoms with Crippen LogP contribution >= 0.6 is 0 Å². The lowest BCUT2D eigenvalue weighted by molar-refractivity contribution is -0.144. The molecular formula is C12H17NO7S. The van der Waals surface area contributed by atoms with Crippen LogP contribution in [0.2, 0.25) is 0 Å². The van der Waals surface area contributed by atoms with Crippen molar-refractivity contribution < 1.29 is 32.3 Å². The van der Waals surface area contributed by atoms with E-state index in [0.717, 1.165) is 10.4 Å². The number of hydrogen-bond acceptors (Lipinski definition) is 6. The van der Waals surface area contributed by atoms with Crippen molar-refractivity contribution in [2.75, 3.05) is 20.7 Å². The van der Waals surface area contributed by atoms with E-state index in [1.807, 2.05) is 0 Å². The van der Waals surface area contributed by atoms with Gasteiger partial charge in [-0.3, -0.25) is 4.79 Å². The van der Waals surface area contributed by atoms with E-state index in [9.17, 15) is 18.0 Å². The molecule has 0 saturated heterocycles. The number of aromatic carboxylic acids is 1. The molecule has 0 spiro atoms. The SMILES string of the molecule is COC(=O)C(C)CN(C)S(=O)(=O)c1cc(C(=O)O)oc1C. The Morgan fingerprint density at radius 2 is 2.05 bits per heavy atom. The molecule has 1 unspecified atom stereocenters. The van der Waals surface area contributed by atoms with Crippen LogP contribution in [0.1, 0.15) is 23.2 Å². The summed E-state index contributed by atoms with van der Waals surface area (Å²) in [6.45, 7) is 2.79. The van der Waals surface area contributed by atoms with Gasteiger partial charge in [0, 0.05) is 19.7 Å². The lowest BCUT2D eigenvalue weighted by atomic mass is 10.2. The Balaban J connectivity index is 3.05. The lowest BCUT2D eigenvalue weighted by Gasteiger charge is -2.19. The van der Waals surface area contributed by atoms with E-state index in [1.165, 1.54) is 28.0 Å². The van der Waals surface area contributed by atoms with Crippen molar-refractivity contribution >= 4 is 22.0 Å². The van der Waals surface area contributed by atoms with Gasteiger partial charge in [0.1, 0.15) is 10.7 Å². The van der Waals surface area contributed by atoms with Crippen molar-refractivity contribution in [1.29, 1.82) is 0 Å². The summed E-state index contributed by atoms with van der Waals surface area (Å²) in [5.41, 5.74) is 0. The molecule has 0 aliphatic rings. The van der Waals surface area contributed by atoms with E-state index in [2.05, 4.69) is 4.74 Å². The first-order chi connectivity index (χ1) is 9.61. The Morgan fingerprint density at radius 1 is 1.48 bits per heavy atom. The number of rotatable bonds is 6. The fraction of sp³-hybridized carbons (Fsp3) is 0.500. The van der Waals surface area contributed by atoms with Crippen LogP contribution in [0, 0.1) is 12.8 Å². The average Bonchev–Trinajstić information content (AvgIpc) is 2.80. The number of carbonyl (C=O) groups excluding carboxylic acids is 1. The van der Waals surface area contributed by atoms with Crippen LogP contribution in [-0.2, 0) is 19.6 Å². The molecule has 1 N–H and O–H groups in total. The second-order valence-corrected chi connectivity index (χ2v) is 6.56. The van der Waals surface area contributed by atoms with Crippen molar-refractivity contribution in [2.45, 2.75) is 18.7 Å². The monoisotopic (exact) mass is 319 g/mol. The summed E-state index contributed by atoms with van der Waals surface area (Å²) < 4.78 is 35.1. The number of hydrogen-bond donors (Lipinski definition) is 1. The first kappa shape index (κ1) is 17.2. The van der Waals surface area contributed by atoms with Gasteiger partial charge >= 0.3 is 11.9 Å². The topological polar surface area (TPSA) is 114 Å². The molecule has 0 bridgehead atoms. The zero-order chi connectivity index (χ0) is 16.4.